The van der Waals surface area contributed by atoms with Gasteiger partial charge in [0.05, 0.1) is 0 Å². The Morgan fingerprint density at radius 1 is 0.952 bits per heavy atom. The van der Waals surface area contributed by atoms with Crippen LogP contribution in [0.5, 0.6) is 0 Å². The summed E-state index contributed by atoms with van der Waals surface area (Å²) in [7, 11) is 0. The third-order valence-corrected chi connectivity index (χ3v) is 3.20. The molecule has 0 radical (unpaired) electrons. The number of amides is 2. The molecule has 0 aliphatic heterocycles. The van der Waals surface area contributed by atoms with Gasteiger partial charge >= 0.3 is 6.03 Å². The van der Waals surface area contributed by atoms with Gasteiger partial charge in [0.25, 0.3) is 0 Å². The first-order valence-corrected chi connectivity index (χ1v) is 7.00. The summed E-state index contributed by atoms with van der Waals surface area (Å²) >= 11 is 4.93. The number of carbonyl (C=O) groups excluding carboxylic acids is 1. The highest BCUT2D eigenvalue weighted by Crippen LogP contribution is 2.05. The van der Waals surface area contributed by atoms with Gasteiger partial charge in [0.1, 0.15) is 4.99 Å². The first kappa shape index (κ1) is 15.0. The van der Waals surface area contributed by atoms with Crippen molar-refractivity contribution in [2.24, 2.45) is 5.73 Å². The Kier molecular flexibility index (Phi) is 5.29. The number of urea groups is 1. The molecule has 2 aromatic rings. The smallest absolute Gasteiger partial charge is 0.315 e. The van der Waals surface area contributed by atoms with Crippen LogP contribution in [-0.4, -0.2) is 11.0 Å². The van der Waals surface area contributed by atoms with E-state index in [-0.39, 0.29) is 6.03 Å². The molecule has 2 aromatic carbocycles. The van der Waals surface area contributed by atoms with Crippen LogP contribution in [0.2, 0.25) is 0 Å². The Labute approximate surface area is 129 Å². The van der Waals surface area contributed by atoms with Crippen molar-refractivity contribution in [3.8, 4) is 0 Å². The number of hydrogen-bond donors (Lipinski definition) is 3. The highest BCUT2D eigenvalue weighted by Gasteiger charge is 2.02. The van der Waals surface area contributed by atoms with Gasteiger partial charge < -0.3 is 16.4 Å². The molecule has 0 atom stereocenters. The highest BCUT2D eigenvalue weighted by molar-refractivity contribution is 7.80. The van der Waals surface area contributed by atoms with Gasteiger partial charge in [-0.3, -0.25) is 0 Å². The van der Waals surface area contributed by atoms with E-state index in [1.807, 2.05) is 54.6 Å². The zero-order chi connectivity index (χ0) is 15.1. The molecule has 0 saturated carbocycles. The van der Waals surface area contributed by atoms with E-state index in [2.05, 4.69) is 10.6 Å². The quantitative estimate of drug-likeness (QED) is 0.742. The van der Waals surface area contributed by atoms with Crippen molar-refractivity contribution in [1.82, 2.24) is 10.6 Å². The summed E-state index contributed by atoms with van der Waals surface area (Å²) < 4.78 is 0. The van der Waals surface area contributed by atoms with Gasteiger partial charge in [-0.2, -0.15) is 0 Å². The summed E-state index contributed by atoms with van der Waals surface area (Å²) in [5.74, 6) is 0. The van der Waals surface area contributed by atoms with Crippen molar-refractivity contribution < 1.29 is 4.79 Å². The summed E-state index contributed by atoms with van der Waals surface area (Å²) in [6, 6.07) is 17.1. The van der Waals surface area contributed by atoms with E-state index in [1.54, 1.807) is 0 Å². The fourth-order valence-electron chi connectivity index (χ4n) is 1.86. The van der Waals surface area contributed by atoms with Gasteiger partial charge in [0, 0.05) is 18.7 Å². The molecule has 0 fully saturated rings. The van der Waals surface area contributed by atoms with E-state index in [4.69, 9.17) is 18.0 Å². The van der Waals surface area contributed by atoms with Crippen molar-refractivity contribution in [1.29, 1.82) is 0 Å². The lowest BCUT2D eigenvalue weighted by molar-refractivity contribution is 0.240. The van der Waals surface area contributed by atoms with Gasteiger partial charge in [-0.1, -0.05) is 60.7 Å². The van der Waals surface area contributed by atoms with Crippen LogP contribution >= 0.6 is 12.2 Å². The Bertz CT molecular complexity index is 628. The maximum absolute atomic E-state index is 11.7. The van der Waals surface area contributed by atoms with Crippen LogP contribution in [0.4, 0.5) is 4.79 Å². The van der Waals surface area contributed by atoms with Crippen LogP contribution in [0, 0.1) is 0 Å². The van der Waals surface area contributed by atoms with Gasteiger partial charge in [-0.05, 0) is 17.2 Å². The standard InChI is InChI=1S/C16H17N3OS/c17-15(21)14-8-4-7-13(9-14)11-19-16(20)18-10-12-5-2-1-3-6-12/h1-9H,10-11H2,(H2,17,21)(H2,18,19,20). The molecule has 0 aromatic heterocycles. The van der Waals surface area contributed by atoms with E-state index in [0.29, 0.717) is 18.1 Å². The van der Waals surface area contributed by atoms with Crippen LogP contribution in [0.1, 0.15) is 16.7 Å². The van der Waals surface area contributed by atoms with Crippen molar-refractivity contribution in [3.05, 3.63) is 71.3 Å². The maximum atomic E-state index is 11.7. The number of thiocarbonyl (C=S) groups is 1. The second kappa shape index (κ2) is 7.40. The highest BCUT2D eigenvalue weighted by atomic mass is 32.1. The summed E-state index contributed by atoms with van der Waals surface area (Å²) in [6.07, 6.45) is 0. The lowest BCUT2D eigenvalue weighted by Gasteiger charge is -2.08. The van der Waals surface area contributed by atoms with Crippen LogP contribution in [0.15, 0.2) is 54.6 Å². The van der Waals surface area contributed by atoms with E-state index in [1.165, 1.54) is 0 Å². The van der Waals surface area contributed by atoms with Crippen LogP contribution < -0.4 is 16.4 Å². The molecule has 0 unspecified atom stereocenters. The molecule has 0 bridgehead atoms. The third kappa shape index (κ3) is 4.89. The second-order valence-electron chi connectivity index (χ2n) is 4.59. The Morgan fingerprint density at radius 3 is 2.24 bits per heavy atom. The average molecular weight is 299 g/mol. The molecule has 5 heteroatoms. The van der Waals surface area contributed by atoms with Gasteiger partial charge in [0.2, 0.25) is 0 Å². The molecule has 108 valence electrons. The number of nitrogens with one attached hydrogen (secondary N) is 2. The minimum Gasteiger partial charge on any atom is -0.389 e. The predicted octanol–water partition coefficient (Wildman–Crippen LogP) is 2.32. The normalized spacial score (nSPS) is 9.90. The second-order valence-corrected chi connectivity index (χ2v) is 5.03. The van der Waals surface area contributed by atoms with Crippen molar-refractivity contribution in [2.45, 2.75) is 13.1 Å². The van der Waals surface area contributed by atoms with E-state index >= 15 is 0 Å². The fourth-order valence-corrected chi connectivity index (χ4v) is 1.98. The molecule has 0 spiro atoms. The molecule has 0 aliphatic rings. The molecular formula is C16H17N3OS. The SMILES string of the molecule is NC(=S)c1cccc(CNC(=O)NCc2ccccc2)c1. The molecule has 2 rings (SSSR count). The minimum absolute atomic E-state index is 0.209. The number of carbonyl (C=O) groups is 1. The number of rotatable bonds is 5. The maximum Gasteiger partial charge on any atom is 0.315 e. The van der Waals surface area contributed by atoms with Crippen molar-refractivity contribution in [3.63, 3.8) is 0 Å². The van der Waals surface area contributed by atoms with Gasteiger partial charge in [-0.25, -0.2) is 4.79 Å². The number of benzene rings is 2. The fraction of sp³-hybridized carbons (Fsp3) is 0.125. The zero-order valence-corrected chi connectivity index (χ0v) is 12.3. The summed E-state index contributed by atoms with van der Waals surface area (Å²) in [5, 5.41) is 5.61. The zero-order valence-electron chi connectivity index (χ0n) is 11.5. The summed E-state index contributed by atoms with van der Waals surface area (Å²) in [6.45, 7) is 0.927. The molecule has 2 amide bonds. The largest absolute Gasteiger partial charge is 0.389 e. The molecule has 21 heavy (non-hydrogen) atoms. The topological polar surface area (TPSA) is 67.1 Å². The lowest BCUT2D eigenvalue weighted by Crippen LogP contribution is -2.34. The average Bonchev–Trinajstić information content (AvgIpc) is 2.52. The lowest BCUT2D eigenvalue weighted by atomic mass is 10.1. The molecule has 0 heterocycles. The van der Waals surface area contributed by atoms with Gasteiger partial charge in [-0.15, -0.1) is 0 Å². The Morgan fingerprint density at radius 2 is 1.57 bits per heavy atom. The first-order chi connectivity index (χ1) is 10.1. The summed E-state index contributed by atoms with van der Waals surface area (Å²) in [4.78, 5) is 12.1. The molecule has 4 nitrogen and oxygen atoms in total. The van der Waals surface area contributed by atoms with Crippen LogP contribution in [0.3, 0.4) is 0 Å². The van der Waals surface area contributed by atoms with Crippen LogP contribution in [0.25, 0.3) is 0 Å². The molecule has 0 saturated heterocycles. The molecule has 0 aliphatic carbocycles. The third-order valence-electron chi connectivity index (χ3n) is 2.96. The Balaban J connectivity index is 1.81. The van der Waals surface area contributed by atoms with Gasteiger partial charge in [0.15, 0.2) is 0 Å². The number of nitrogens with two attached hydrogens (primary N) is 1. The Hall–Kier alpha value is -2.40. The van der Waals surface area contributed by atoms with E-state index < -0.39 is 0 Å². The van der Waals surface area contributed by atoms with Crippen molar-refractivity contribution in [2.75, 3.05) is 0 Å². The summed E-state index contributed by atoms with van der Waals surface area (Å²) in [5.41, 5.74) is 8.39. The van der Waals surface area contributed by atoms with E-state index in [9.17, 15) is 4.79 Å². The predicted molar refractivity (Wildman–Crippen MR) is 87.8 cm³/mol. The van der Waals surface area contributed by atoms with Crippen molar-refractivity contribution >= 4 is 23.2 Å². The number of hydrogen-bond acceptors (Lipinski definition) is 2. The monoisotopic (exact) mass is 299 g/mol. The van der Waals surface area contributed by atoms with Crippen LogP contribution in [-0.2, 0) is 13.1 Å². The minimum atomic E-state index is -0.209. The first-order valence-electron chi connectivity index (χ1n) is 6.59. The van der Waals surface area contributed by atoms with E-state index in [0.717, 1.165) is 16.7 Å². The molecular weight excluding hydrogens is 282 g/mol. The molecule has 4 N–H and O–H groups in total.